The Morgan fingerprint density at radius 3 is 1.64 bits per heavy atom. The molecule has 0 atom stereocenters. The zero-order valence-electron chi connectivity index (χ0n) is 24.3. The topological polar surface area (TPSA) is 178 Å². The molecule has 11 heteroatoms. The van der Waals surface area contributed by atoms with Crippen LogP contribution in [0.2, 0.25) is 5.02 Å². The van der Waals surface area contributed by atoms with Crippen LogP contribution in [0, 0.1) is 0 Å². The summed E-state index contributed by atoms with van der Waals surface area (Å²) in [7, 11) is 0. The van der Waals surface area contributed by atoms with Crippen LogP contribution >= 0.6 is 11.6 Å². The lowest BCUT2D eigenvalue weighted by molar-refractivity contribution is 0.656. The highest BCUT2D eigenvalue weighted by Gasteiger charge is 1.97. The number of aliphatic imine (C=N–C) groups is 4. The van der Waals surface area contributed by atoms with E-state index in [-0.39, 0.29) is 19.3 Å². The minimum atomic E-state index is 0. The average Bonchev–Trinajstić information content (AvgIpc) is 2.87. The van der Waals surface area contributed by atoms with Crippen molar-refractivity contribution < 1.29 is 0 Å². The Labute approximate surface area is 243 Å². The fraction of sp³-hybridized carbons (Fsp3) is 0.643. The van der Waals surface area contributed by atoms with Crippen molar-refractivity contribution in [2.24, 2.45) is 42.9 Å². The van der Waals surface area contributed by atoms with Gasteiger partial charge in [0.05, 0.1) is 0 Å². The normalized spacial score (nSPS) is 11.8. The molecule has 0 aromatic heterocycles. The quantitative estimate of drug-likeness (QED) is 0.105. The van der Waals surface area contributed by atoms with Gasteiger partial charge in [0, 0.05) is 30.3 Å². The summed E-state index contributed by atoms with van der Waals surface area (Å²) in [6.45, 7) is 12.6. The highest BCUT2D eigenvalue weighted by Crippen LogP contribution is 2.12. The molecule has 0 fully saturated rings. The van der Waals surface area contributed by atoms with Crippen LogP contribution in [0.25, 0.3) is 0 Å². The van der Waals surface area contributed by atoms with E-state index in [2.05, 4.69) is 58.3 Å². The van der Waals surface area contributed by atoms with Gasteiger partial charge in [-0.3, -0.25) is 20.3 Å². The lowest BCUT2D eigenvalue weighted by atomic mass is 10.2. The summed E-state index contributed by atoms with van der Waals surface area (Å²) in [5.41, 5.74) is 23.1. The molecular formula is C28H57ClN10. The van der Waals surface area contributed by atoms with Crippen molar-refractivity contribution in [3.8, 4) is 0 Å². The van der Waals surface area contributed by atoms with Gasteiger partial charge in [0.15, 0.2) is 11.9 Å². The first-order valence-electron chi connectivity index (χ1n) is 13.8. The van der Waals surface area contributed by atoms with E-state index in [9.17, 15) is 0 Å². The van der Waals surface area contributed by atoms with E-state index >= 15 is 0 Å². The third-order valence-corrected chi connectivity index (χ3v) is 4.97. The van der Waals surface area contributed by atoms with Gasteiger partial charge in [0.2, 0.25) is 11.9 Å². The third-order valence-electron chi connectivity index (χ3n) is 4.72. The molecule has 0 amide bonds. The molecule has 0 bridgehead atoms. The molecule has 0 aliphatic heterocycles. The van der Waals surface area contributed by atoms with Crippen molar-refractivity contribution in [3.63, 3.8) is 0 Å². The summed E-state index contributed by atoms with van der Waals surface area (Å²) >= 11 is 5.78. The Kier molecular flexibility index (Phi) is 30.7. The van der Waals surface area contributed by atoms with Gasteiger partial charge in [-0.1, -0.05) is 91.7 Å². The summed E-state index contributed by atoms with van der Waals surface area (Å²) in [5, 5.41) is 6.26. The molecule has 0 spiro atoms. The Hall–Kier alpha value is -3.01. The average molecular weight is 569 g/mol. The number of nitrogens with one attached hydrogen (secondary N) is 2. The van der Waals surface area contributed by atoms with Gasteiger partial charge >= 0.3 is 0 Å². The van der Waals surface area contributed by atoms with Crippen molar-refractivity contribution in [2.75, 3.05) is 25.0 Å². The molecule has 226 valence electrons. The maximum absolute atomic E-state index is 5.78. The summed E-state index contributed by atoms with van der Waals surface area (Å²) < 4.78 is 0. The van der Waals surface area contributed by atoms with Crippen LogP contribution in [0.3, 0.4) is 0 Å². The second-order valence-corrected chi connectivity index (χ2v) is 8.82. The Morgan fingerprint density at radius 2 is 1.15 bits per heavy atom. The molecule has 1 aromatic rings. The van der Waals surface area contributed by atoms with Crippen molar-refractivity contribution in [1.82, 2.24) is 5.32 Å². The number of hydrogen-bond donors (Lipinski definition) is 6. The molecule has 0 saturated heterocycles. The van der Waals surface area contributed by atoms with E-state index in [1.807, 2.05) is 6.92 Å². The highest BCUT2D eigenvalue weighted by atomic mass is 35.5. The van der Waals surface area contributed by atoms with Crippen LogP contribution in [-0.2, 0) is 0 Å². The molecule has 0 aliphatic carbocycles. The predicted octanol–water partition coefficient (Wildman–Crippen LogP) is 5.82. The van der Waals surface area contributed by atoms with Crippen LogP contribution in [0.1, 0.15) is 99.8 Å². The smallest absolute Gasteiger partial charge is 0.218 e. The molecular weight excluding hydrogens is 512 g/mol. The first-order valence-corrected chi connectivity index (χ1v) is 14.1. The van der Waals surface area contributed by atoms with Crippen molar-refractivity contribution in [2.45, 2.75) is 99.8 Å². The first-order chi connectivity index (χ1) is 18.2. The van der Waals surface area contributed by atoms with Crippen molar-refractivity contribution in [1.29, 1.82) is 0 Å². The molecule has 1 rings (SSSR count). The van der Waals surface area contributed by atoms with Gasteiger partial charge in [0.1, 0.15) is 0 Å². The fourth-order valence-electron chi connectivity index (χ4n) is 2.63. The van der Waals surface area contributed by atoms with Crippen LogP contribution < -0.4 is 33.6 Å². The number of nitrogens with zero attached hydrogens (tertiary/aromatic N) is 4. The number of hydrogen-bond acceptors (Lipinski definition) is 3. The minimum absolute atomic E-state index is 0. The van der Waals surface area contributed by atoms with Crippen LogP contribution in [0.4, 0.5) is 5.69 Å². The van der Waals surface area contributed by atoms with Crippen LogP contribution in [-0.4, -0.2) is 43.5 Å². The zero-order chi connectivity index (χ0) is 29.0. The van der Waals surface area contributed by atoms with Gasteiger partial charge in [-0.05, 0) is 44.0 Å². The number of anilines is 1. The van der Waals surface area contributed by atoms with E-state index in [1.165, 1.54) is 32.1 Å². The van der Waals surface area contributed by atoms with E-state index in [4.69, 9.17) is 34.5 Å². The van der Waals surface area contributed by atoms with E-state index in [0.717, 1.165) is 37.9 Å². The number of benzene rings is 1. The number of nitrogens with two attached hydrogens (primary N) is 4. The summed E-state index contributed by atoms with van der Waals surface area (Å²) in [5.74, 6) is 1.04. The molecule has 0 aliphatic rings. The largest absolute Gasteiger partial charge is 0.370 e. The van der Waals surface area contributed by atoms with Gasteiger partial charge in [-0.2, -0.15) is 4.99 Å². The summed E-state index contributed by atoms with van der Waals surface area (Å²) in [6.07, 6.45) is 11.2. The minimum Gasteiger partial charge on any atom is -0.370 e. The molecule has 1 aromatic carbocycles. The highest BCUT2D eigenvalue weighted by molar-refractivity contribution is 6.30. The van der Waals surface area contributed by atoms with Gasteiger partial charge in [-0.15, -0.1) is 0 Å². The van der Waals surface area contributed by atoms with E-state index in [1.54, 1.807) is 24.3 Å². The maximum atomic E-state index is 5.78. The first kappa shape index (κ1) is 40.5. The molecule has 0 radical (unpaired) electrons. The molecule has 10 N–H and O–H groups in total. The monoisotopic (exact) mass is 568 g/mol. The summed E-state index contributed by atoms with van der Waals surface area (Å²) in [6, 6.07) is 7.12. The molecule has 0 saturated carbocycles. The van der Waals surface area contributed by atoms with Gasteiger partial charge < -0.3 is 28.3 Å². The number of halogens is 1. The Bertz CT molecular complexity index is 801. The maximum Gasteiger partial charge on any atom is 0.218 e. The lowest BCUT2D eigenvalue weighted by Crippen LogP contribution is -2.41. The predicted molar refractivity (Wildman–Crippen MR) is 176 cm³/mol. The van der Waals surface area contributed by atoms with E-state index in [0.29, 0.717) is 30.0 Å². The second-order valence-electron chi connectivity index (χ2n) is 8.39. The van der Waals surface area contributed by atoms with Crippen molar-refractivity contribution in [3.05, 3.63) is 29.3 Å². The summed E-state index contributed by atoms with van der Waals surface area (Å²) in [4.78, 5) is 16.0. The molecule has 0 heterocycles. The third kappa shape index (κ3) is 29.4. The number of guanidine groups is 4. The SMILES string of the molecule is C.CCCCCCC.CCCCN=C(N)N=C(N)Nc1ccc(Cl)cc1.CCCCN=C(N)NC(N)=NCC. The number of rotatable bonds is 12. The zero-order valence-corrected chi connectivity index (χ0v) is 25.0. The van der Waals surface area contributed by atoms with Crippen molar-refractivity contribution >= 4 is 41.1 Å². The van der Waals surface area contributed by atoms with Crippen LogP contribution in [0.15, 0.2) is 44.2 Å². The van der Waals surface area contributed by atoms with E-state index < -0.39 is 0 Å². The fourth-order valence-corrected chi connectivity index (χ4v) is 2.76. The second kappa shape index (κ2) is 29.5. The standard InChI is InChI=1S/C12H18ClN5.C8H19N5.C7H16.CH4/c1-2-3-8-16-11(14)18-12(15)17-10-6-4-9(13)5-7-10;1-3-5-6-12-8(10)13-7(9)11-4-2;1-3-5-7-6-4-2;/h4-7H,2-3,8H2,1H3,(H5,14,15,16,17,18);3-6H2,1-2H3,(H5,9,10,11,12,13);3-7H2,1-2H3;1H4. The Balaban J connectivity index is -0.000000542. The van der Waals surface area contributed by atoms with Gasteiger partial charge in [0.25, 0.3) is 0 Å². The lowest BCUT2D eigenvalue weighted by Gasteiger charge is -2.05. The van der Waals surface area contributed by atoms with Crippen LogP contribution in [0.5, 0.6) is 0 Å². The Morgan fingerprint density at radius 1 is 0.667 bits per heavy atom. The molecule has 39 heavy (non-hydrogen) atoms. The molecule has 0 unspecified atom stereocenters. The molecule has 10 nitrogen and oxygen atoms in total. The number of unbranched alkanes of at least 4 members (excludes halogenated alkanes) is 6. The van der Waals surface area contributed by atoms with Gasteiger partial charge in [-0.25, -0.2) is 0 Å².